The van der Waals surface area contributed by atoms with Crippen molar-refractivity contribution in [3.05, 3.63) is 212 Å². The molecule has 0 bridgehead atoms. The highest BCUT2D eigenvalue weighted by Gasteiger charge is 2.43. The van der Waals surface area contributed by atoms with Crippen LogP contribution in [0.2, 0.25) is 0 Å². The van der Waals surface area contributed by atoms with Crippen molar-refractivity contribution in [2.75, 3.05) is 12.3 Å². The minimum Gasteiger partial charge on any atom is -0.508 e. The lowest BCUT2D eigenvalue weighted by Crippen LogP contribution is -2.25. The second-order valence-corrected chi connectivity index (χ2v) is 25.0. The van der Waals surface area contributed by atoms with Crippen molar-refractivity contribution in [2.45, 2.75) is 14.9 Å². The molecule has 4 unspecified atom stereocenters. The molecule has 3 aliphatic heterocycles. The first-order valence-corrected chi connectivity index (χ1v) is 28.8. The minimum atomic E-state index is -3.56. The molecule has 3 aliphatic rings. The fourth-order valence-corrected chi connectivity index (χ4v) is 18.2. The van der Waals surface area contributed by atoms with Gasteiger partial charge >= 0.3 is 15.0 Å². The van der Waals surface area contributed by atoms with Gasteiger partial charge in [0.15, 0.2) is 5.58 Å². The quantitative estimate of drug-likeness (QED) is 0.0991. The van der Waals surface area contributed by atoms with E-state index in [1.165, 1.54) is 18.2 Å². The maximum atomic E-state index is 14.2. The largest absolute Gasteiger partial charge is 0.597 e. The maximum absolute atomic E-state index is 14.2. The molecule has 10 nitrogen and oxygen atoms in total. The number of phenolic OH excluding ortho intramolecular Hbond substituents is 2. The molecule has 14 heteroatoms. The fraction of sp³-hybridized carbons (Fsp3) is 0.0690. The molecule has 4 atom stereocenters. The van der Waals surface area contributed by atoms with Crippen molar-refractivity contribution in [1.82, 2.24) is 0 Å². The van der Waals surface area contributed by atoms with Crippen LogP contribution in [0.25, 0.3) is 54.9 Å². The Morgan fingerprint density at radius 3 is 1.35 bits per heavy atom. The summed E-state index contributed by atoms with van der Waals surface area (Å²) in [6, 6.07) is 64.4. The molecule has 10 aromatic rings. The highest BCUT2D eigenvalue weighted by Crippen LogP contribution is 2.60. The van der Waals surface area contributed by atoms with Gasteiger partial charge in [0.1, 0.15) is 28.7 Å². The van der Waals surface area contributed by atoms with E-state index in [-0.39, 0.29) is 44.0 Å². The number of para-hydroxylation sites is 4. The van der Waals surface area contributed by atoms with Gasteiger partial charge in [-0.2, -0.15) is 0 Å². The summed E-state index contributed by atoms with van der Waals surface area (Å²) in [5.41, 5.74) is 6.04. The summed E-state index contributed by atoms with van der Waals surface area (Å²) in [5, 5.41) is 24.7. The van der Waals surface area contributed by atoms with Crippen LogP contribution in [0.3, 0.4) is 0 Å². The van der Waals surface area contributed by atoms with E-state index in [4.69, 9.17) is 17.8 Å². The van der Waals surface area contributed by atoms with Gasteiger partial charge in [-0.15, -0.1) is 0 Å². The van der Waals surface area contributed by atoms with Crippen LogP contribution in [0.5, 0.6) is 28.7 Å². The lowest BCUT2D eigenvalue weighted by atomic mass is 10.0. The third-order valence-corrected chi connectivity index (χ3v) is 21.3. The lowest BCUT2D eigenvalue weighted by Gasteiger charge is -2.32. The van der Waals surface area contributed by atoms with E-state index >= 15 is 0 Å². The zero-order valence-corrected chi connectivity index (χ0v) is 40.6. The summed E-state index contributed by atoms with van der Waals surface area (Å²) in [6.07, 6.45) is 0.262. The molecule has 9 aromatic carbocycles. The monoisotopic (exact) mass is 1030 g/mol. The van der Waals surface area contributed by atoms with Crippen molar-refractivity contribution in [3.63, 3.8) is 0 Å². The molecule has 72 heavy (non-hydrogen) atoms. The number of benzene rings is 9. The van der Waals surface area contributed by atoms with Gasteiger partial charge in [-0.05, 0) is 94.1 Å². The van der Waals surface area contributed by atoms with Gasteiger partial charge in [-0.25, -0.2) is 4.20 Å². The minimum absolute atomic E-state index is 0. The third-order valence-electron chi connectivity index (χ3n) is 12.4. The van der Waals surface area contributed by atoms with Gasteiger partial charge in [-0.3, -0.25) is 13.7 Å². The van der Waals surface area contributed by atoms with Crippen LogP contribution in [0, 0.1) is 0 Å². The van der Waals surface area contributed by atoms with E-state index in [1.807, 2.05) is 170 Å². The predicted octanol–water partition coefficient (Wildman–Crippen LogP) is 15.3. The summed E-state index contributed by atoms with van der Waals surface area (Å²) in [5.74, 6) is 1.46. The second kappa shape index (κ2) is 20.0. The highest BCUT2D eigenvalue weighted by molar-refractivity contribution is 7.75. The third kappa shape index (κ3) is 8.87. The zero-order valence-electron chi connectivity index (χ0n) is 37.1. The van der Waals surface area contributed by atoms with Gasteiger partial charge < -0.3 is 23.8 Å². The molecule has 0 spiro atoms. The van der Waals surface area contributed by atoms with Crippen LogP contribution in [-0.2, 0) is 18.3 Å². The van der Waals surface area contributed by atoms with Crippen molar-refractivity contribution in [2.24, 2.45) is 0 Å². The van der Waals surface area contributed by atoms with E-state index in [0.717, 1.165) is 49.3 Å². The van der Waals surface area contributed by atoms with Crippen molar-refractivity contribution < 1.29 is 46.2 Å². The van der Waals surface area contributed by atoms with Crippen molar-refractivity contribution >= 4 is 72.5 Å². The summed E-state index contributed by atoms with van der Waals surface area (Å²) in [6.45, 7) is 0. The average molecular weight is 1030 g/mol. The molecule has 0 radical (unpaired) electrons. The molecule has 1 aromatic heterocycles. The molecule has 0 saturated carbocycles. The molecule has 0 fully saturated rings. The van der Waals surface area contributed by atoms with E-state index in [2.05, 4.69) is 0 Å². The number of rotatable bonds is 4. The Morgan fingerprint density at radius 1 is 0.403 bits per heavy atom. The fourth-order valence-electron chi connectivity index (χ4n) is 9.15. The number of hydrogen-bond acceptors (Lipinski definition) is 10. The first kappa shape index (κ1) is 49.5. The smallest absolute Gasteiger partial charge is 0.508 e. The Balaban J connectivity index is 0.000000140. The molecular weight excluding hydrogens is 981 g/mol. The molecular formula is C58H49O10P4+. The van der Waals surface area contributed by atoms with Crippen LogP contribution in [0.15, 0.2) is 217 Å². The van der Waals surface area contributed by atoms with E-state index in [1.54, 1.807) is 24.3 Å². The average Bonchev–Trinajstić information content (AvgIpc) is 3.40. The van der Waals surface area contributed by atoms with Crippen molar-refractivity contribution in [1.29, 1.82) is 0 Å². The van der Waals surface area contributed by atoms with Crippen molar-refractivity contribution in [3.8, 4) is 62.1 Å². The number of fused-ring (bicyclic) bond motifs is 12. The molecule has 0 saturated heterocycles. The summed E-state index contributed by atoms with van der Waals surface area (Å²) in [7, 11) is -11.9. The first-order valence-electron chi connectivity index (χ1n) is 22.3. The molecule has 360 valence electrons. The molecule has 0 aliphatic carbocycles. The SMILES string of the molecule is C.C.O=P1(CCP2(=O)Oc3ccccc3-c3ccccc32)Oc2ccccc2-c2ccccc21.O=P1(c2cc(O)ccc2O)Oc2ccccc2-c2ccccc21.O=[p+]1oc2ccccc2c2ccccc21. The van der Waals surface area contributed by atoms with E-state index in [0.29, 0.717) is 38.7 Å². The van der Waals surface area contributed by atoms with Crippen LogP contribution in [0.4, 0.5) is 0 Å². The standard InChI is InChI=1S/C26H20O4P2.C18H13O4P.C12H8O2P.2CH4/c27-31(25-15-7-3-11-21(25)19-9-1-5-13-23(19)29-31)17-18-32(28)26-16-8-4-12-22(26)20-10-2-6-14-24(20)30-32;19-12-9-10-15(20)18(11-12)23(21)17-8-4-2-6-14(17)13-5-1-3-7-16(13)22-23;13-15-12-8-4-2-6-10(12)9-5-1-3-7-11(9)14-15;;/h1-16H,17-18H2;1-11,19-20H;1-8H;2*1H4/q;;+1;;. The molecule has 2 N–H and O–H groups in total. The Bertz CT molecular complexity index is 3800. The highest BCUT2D eigenvalue weighted by atomic mass is 31.2. The summed E-state index contributed by atoms with van der Waals surface area (Å²) < 4.78 is 77.3. The molecule has 4 heterocycles. The van der Waals surface area contributed by atoms with E-state index < -0.39 is 29.8 Å². The second-order valence-electron chi connectivity index (χ2n) is 16.7. The Labute approximate surface area is 418 Å². The van der Waals surface area contributed by atoms with Crippen LogP contribution < -0.4 is 34.8 Å². The predicted molar refractivity (Wildman–Crippen MR) is 293 cm³/mol. The van der Waals surface area contributed by atoms with Gasteiger partial charge in [0.25, 0.3) is 14.7 Å². The summed E-state index contributed by atoms with van der Waals surface area (Å²) in [4.78, 5) is 0. The lowest BCUT2D eigenvalue weighted by molar-refractivity contribution is 0.459. The number of hydrogen-bond donors (Lipinski definition) is 2. The van der Waals surface area contributed by atoms with E-state index in [9.17, 15) is 28.5 Å². The Kier molecular flexibility index (Phi) is 13.8. The summed E-state index contributed by atoms with van der Waals surface area (Å²) >= 11 is 0. The van der Waals surface area contributed by atoms with Gasteiger partial charge in [0.05, 0.1) is 21.2 Å². The molecule has 13 rings (SSSR count). The maximum Gasteiger partial charge on any atom is 0.597 e. The van der Waals surface area contributed by atoms with Crippen LogP contribution in [0.1, 0.15) is 14.9 Å². The normalized spacial score (nSPS) is 18.4. The Hall–Kier alpha value is -7.43. The first-order chi connectivity index (χ1) is 34.0. The van der Waals surface area contributed by atoms with Crippen LogP contribution >= 0.6 is 29.8 Å². The Morgan fingerprint density at radius 2 is 0.806 bits per heavy atom. The van der Waals surface area contributed by atoms with Gasteiger partial charge in [-0.1, -0.05) is 154 Å². The molecule has 0 amide bonds. The topological polar surface area (TPSA) is 150 Å². The number of phenols is 2. The zero-order chi connectivity index (χ0) is 48.0. The van der Waals surface area contributed by atoms with Crippen LogP contribution in [-0.4, -0.2) is 22.5 Å². The number of aromatic hydroxyl groups is 2. The van der Waals surface area contributed by atoms with Gasteiger partial charge in [0.2, 0.25) is 5.12 Å². The van der Waals surface area contributed by atoms with Gasteiger partial charge in [0, 0.05) is 39.8 Å².